The van der Waals surface area contributed by atoms with Gasteiger partial charge in [0.05, 0.1) is 19.3 Å². The third-order valence-electron chi connectivity index (χ3n) is 3.10. The van der Waals surface area contributed by atoms with Crippen LogP contribution in [0.5, 0.6) is 11.5 Å². The molecule has 1 aliphatic heterocycles. The molecular formula is C14H17F3O3. The number of benzene rings is 1. The van der Waals surface area contributed by atoms with Gasteiger partial charge in [-0.3, -0.25) is 0 Å². The van der Waals surface area contributed by atoms with Gasteiger partial charge in [0.1, 0.15) is 0 Å². The minimum atomic E-state index is -4.26. The second kappa shape index (κ2) is 5.91. The first-order valence-electron chi connectivity index (χ1n) is 6.49. The Balaban J connectivity index is 2.07. The van der Waals surface area contributed by atoms with Crippen molar-refractivity contribution >= 4 is 0 Å². The third-order valence-corrected chi connectivity index (χ3v) is 3.10. The van der Waals surface area contributed by atoms with Crippen LogP contribution in [0.25, 0.3) is 0 Å². The number of halogens is 3. The second-order valence-electron chi connectivity index (χ2n) is 5.10. The molecule has 20 heavy (non-hydrogen) atoms. The summed E-state index contributed by atoms with van der Waals surface area (Å²) in [6, 6.07) is 4.74. The smallest absolute Gasteiger partial charge is 0.389 e. The van der Waals surface area contributed by atoms with Gasteiger partial charge in [-0.05, 0) is 24.1 Å². The second-order valence-corrected chi connectivity index (χ2v) is 5.10. The van der Waals surface area contributed by atoms with Crippen LogP contribution in [0.4, 0.5) is 13.2 Å². The van der Waals surface area contributed by atoms with Crippen molar-refractivity contribution < 1.29 is 27.8 Å². The Morgan fingerprint density at radius 3 is 2.55 bits per heavy atom. The van der Waals surface area contributed by atoms with E-state index in [-0.39, 0.29) is 12.3 Å². The van der Waals surface area contributed by atoms with Gasteiger partial charge in [-0.15, -0.1) is 0 Å². The Labute approximate surface area is 115 Å². The summed E-state index contributed by atoms with van der Waals surface area (Å²) in [4.78, 5) is 0. The first-order valence-corrected chi connectivity index (χ1v) is 6.49. The SMILES string of the molecule is CC1COc2ccc(C(O)CCC(F)(F)F)cc2OC1. The monoisotopic (exact) mass is 290 g/mol. The Kier molecular flexibility index (Phi) is 4.42. The van der Waals surface area contributed by atoms with Crippen molar-refractivity contribution in [2.24, 2.45) is 5.92 Å². The number of aliphatic hydroxyl groups is 1. The lowest BCUT2D eigenvalue weighted by atomic mass is 10.0. The molecule has 0 aliphatic carbocycles. The van der Waals surface area contributed by atoms with E-state index in [9.17, 15) is 18.3 Å². The van der Waals surface area contributed by atoms with E-state index in [2.05, 4.69) is 0 Å². The molecule has 0 bridgehead atoms. The predicted molar refractivity (Wildman–Crippen MR) is 66.8 cm³/mol. The van der Waals surface area contributed by atoms with E-state index in [4.69, 9.17) is 9.47 Å². The highest BCUT2D eigenvalue weighted by atomic mass is 19.4. The lowest BCUT2D eigenvalue weighted by molar-refractivity contribution is -0.140. The zero-order valence-corrected chi connectivity index (χ0v) is 11.1. The van der Waals surface area contributed by atoms with Crippen LogP contribution in [0.2, 0.25) is 0 Å². The minimum absolute atomic E-state index is 0.237. The average Bonchev–Trinajstić information content (AvgIpc) is 2.57. The summed E-state index contributed by atoms with van der Waals surface area (Å²) in [7, 11) is 0. The van der Waals surface area contributed by atoms with Crippen LogP contribution in [0.3, 0.4) is 0 Å². The Hall–Kier alpha value is -1.43. The molecule has 0 saturated heterocycles. The zero-order valence-electron chi connectivity index (χ0n) is 11.1. The maximum Gasteiger partial charge on any atom is 0.389 e. The number of alkyl halides is 3. The summed E-state index contributed by atoms with van der Waals surface area (Å²) in [5.74, 6) is 1.26. The van der Waals surface area contributed by atoms with Crippen LogP contribution in [0.1, 0.15) is 31.4 Å². The van der Waals surface area contributed by atoms with Crippen molar-refractivity contribution in [3.63, 3.8) is 0 Å². The van der Waals surface area contributed by atoms with E-state index in [0.717, 1.165) is 0 Å². The summed E-state index contributed by atoms with van der Waals surface area (Å²) in [5, 5.41) is 9.81. The first kappa shape index (κ1) is 15.0. The van der Waals surface area contributed by atoms with Crippen molar-refractivity contribution in [2.75, 3.05) is 13.2 Å². The quantitative estimate of drug-likeness (QED) is 0.926. The van der Waals surface area contributed by atoms with Crippen molar-refractivity contribution in [1.82, 2.24) is 0 Å². The molecule has 1 aromatic rings. The molecule has 1 aliphatic rings. The molecule has 3 nitrogen and oxygen atoms in total. The molecule has 0 fully saturated rings. The lowest BCUT2D eigenvalue weighted by Gasteiger charge is -2.15. The molecule has 1 N–H and O–H groups in total. The highest BCUT2D eigenvalue weighted by Crippen LogP contribution is 2.35. The number of hydrogen-bond donors (Lipinski definition) is 1. The van der Waals surface area contributed by atoms with E-state index in [1.807, 2.05) is 6.92 Å². The standard InChI is InChI=1S/C14H17F3O3/c1-9-7-19-12-3-2-10(6-13(12)20-8-9)11(18)4-5-14(15,16)17/h2-3,6,9,11,18H,4-5,7-8H2,1H3. The van der Waals surface area contributed by atoms with E-state index in [0.29, 0.717) is 30.3 Å². The number of fused-ring (bicyclic) bond motifs is 1. The van der Waals surface area contributed by atoms with Crippen LogP contribution in [-0.4, -0.2) is 24.5 Å². The minimum Gasteiger partial charge on any atom is -0.489 e. The fraction of sp³-hybridized carbons (Fsp3) is 0.571. The molecule has 112 valence electrons. The first-order chi connectivity index (χ1) is 9.35. The van der Waals surface area contributed by atoms with Crippen molar-refractivity contribution in [2.45, 2.75) is 32.0 Å². The highest BCUT2D eigenvalue weighted by Gasteiger charge is 2.28. The molecule has 1 aromatic carbocycles. The number of aliphatic hydroxyl groups excluding tert-OH is 1. The van der Waals surface area contributed by atoms with Crippen molar-refractivity contribution in [3.05, 3.63) is 23.8 Å². The maximum absolute atomic E-state index is 12.1. The van der Waals surface area contributed by atoms with Crippen LogP contribution >= 0.6 is 0 Å². The third kappa shape index (κ3) is 4.03. The largest absolute Gasteiger partial charge is 0.489 e. The molecule has 6 heteroatoms. The number of hydrogen-bond acceptors (Lipinski definition) is 3. The van der Waals surface area contributed by atoms with Gasteiger partial charge in [-0.1, -0.05) is 13.0 Å². The van der Waals surface area contributed by atoms with Crippen molar-refractivity contribution in [1.29, 1.82) is 0 Å². The van der Waals surface area contributed by atoms with Crippen LogP contribution < -0.4 is 9.47 Å². The van der Waals surface area contributed by atoms with Crippen molar-refractivity contribution in [3.8, 4) is 11.5 Å². The molecule has 0 radical (unpaired) electrons. The lowest BCUT2D eigenvalue weighted by Crippen LogP contribution is -2.12. The number of ether oxygens (including phenoxy) is 2. The summed E-state index contributed by atoms with van der Waals surface area (Å²) in [6.07, 6.45) is -6.80. The zero-order chi connectivity index (χ0) is 14.8. The van der Waals surface area contributed by atoms with Gasteiger partial charge in [0.2, 0.25) is 0 Å². The van der Waals surface area contributed by atoms with E-state index >= 15 is 0 Å². The Morgan fingerprint density at radius 1 is 1.25 bits per heavy atom. The topological polar surface area (TPSA) is 38.7 Å². The van der Waals surface area contributed by atoms with Gasteiger partial charge < -0.3 is 14.6 Å². The molecule has 2 rings (SSSR count). The molecule has 2 atom stereocenters. The highest BCUT2D eigenvalue weighted by molar-refractivity contribution is 5.44. The molecule has 0 aromatic heterocycles. The van der Waals surface area contributed by atoms with Crippen LogP contribution in [0.15, 0.2) is 18.2 Å². The molecule has 0 saturated carbocycles. The summed E-state index contributed by atoms with van der Waals surface area (Å²) >= 11 is 0. The van der Waals surface area contributed by atoms with Gasteiger partial charge in [0.25, 0.3) is 0 Å². The fourth-order valence-corrected chi connectivity index (χ4v) is 1.94. The number of rotatable bonds is 3. The summed E-state index contributed by atoms with van der Waals surface area (Å²) < 4.78 is 47.5. The van der Waals surface area contributed by atoms with E-state index in [1.165, 1.54) is 0 Å². The van der Waals surface area contributed by atoms with E-state index in [1.54, 1.807) is 18.2 Å². The Morgan fingerprint density at radius 2 is 1.90 bits per heavy atom. The fourth-order valence-electron chi connectivity index (χ4n) is 1.94. The maximum atomic E-state index is 12.1. The normalized spacial score (nSPS) is 20.4. The summed E-state index contributed by atoms with van der Waals surface area (Å²) in [6.45, 7) is 2.99. The summed E-state index contributed by atoms with van der Waals surface area (Å²) in [5.41, 5.74) is 0.408. The van der Waals surface area contributed by atoms with E-state index < -0.39 is 18.7 Å². The predicted octanol–water partition coefficient (Wildman–Crippen LogP) is 3.47. The molecule has 0 spiro atoms. The molecule has 0 amide bonds. The van der Waals surface area contributed by atoms with Crippen LogP contribution in [0, 0.1) is 5.92 Å². The van der Waals surface area contributed by atoms with Gasteiger partial charge in [0.15, 0.2) is 11.5 Å². The van der Waals surface area contributed by atoms with Gasteiger partial charge in [-0.2, -0.15) is 13.2 Å². The average molecular weight is 290 g/mol. The van der Waals surface area contributed by atoms with Crippen LogP contribution in [-0.2, 0) is 0 Å². The van der Waals surface area contributed by atoms with Gasteiger partial charge in [-0.25, -0.2) is 0 Å². The molecule has 2 unspecified atom stereocenters. The van der Waals surface area contributed by atoms with Gasteiger partial charge >= 0.3 is 6.18 Å². The molecular weight excluding hydrogens is 273 g/mol. The van der Waals surface area contributed by atoms with Gasteiger partial charge in [0, 0.05) is 12.3 Å². The molecule has 1 heterocycles. The Bertz CT molecular complexity index is 459.